The van der Waals surface area contributed by atoms with Gasteiger partial charge < -0.3 is 20.4 Å². The third-order valence-electron chi connectivity index (χ3n) is 4.18. The number of unbranched alkanes of at least 4 members (excludes halogenated alkanes) is 2. The van der Waals surface area contributed by atoms with Crippen molar-refractivity contribution in [3.05, 3.63) is 66.3 Å². The van der Waals surface area contributed by atoms with Crippen molar-refractivity contribution in [1.29, 1.82) is 0 Å². The summed E-state index contributed by atoms with van der Waals surface area (Å²) >= 11 is 0. The van der Waals surface area contributed by atoms with Crippen LogP contribution in [0.5, 0.6) is 17.2 Å². The van der Waals surface area contributed by atoms with Crippen LogP contribution in [0.3, 0.4) is 0 Å². The molecule has 0 aliphatic rings. The molecule has 4 N–H and O–H groups in total. The summed E-state index contributed by atoms with van der Waals surface area (Å²) in [7, 11) is 0. The highest BCUT2D eigenvalue weighted by molar-refractivity contribution is 6.01. The lowest BCUT2D eigenvalue weighted by Gasteiger charge is -2.06. The minimum Gasteiger partial charge on any atom is -0.508 e. The first kappa shape index (κ1) is 24.2. The number of benzene rings is 1. The fourth-order valence-electron chi connectivity index (χ4n) is 2.68. The monoisotopic (exact) mass is 400 g/mol. The highest BCUT2D eigenvalue weighted by Gasteiger charge is 2.17. The number of phenolic OH excluding ortho intramolecular Hbond substituents is 3. The lowest BCUT2D eigenvalue weighted by Crippen LogP contribution is -2.00. The van der Waals surface area contributed by atoms with Gasteiger partial charge in [0.25, 0.3) is 0 Å². The van der Waals surface area contributed by atoms with E-state index in [9.17, 15) is 25.2 Å². The number of aliphatic hydroxyl groups excluding tert-OH is 1. The normalized spacial score (nSPS) is 13.3. The molecule has 0 aliphatic carbocycles. The molecule has 29 heavy (non-hydrogen) atoms. The van der Waals surface area contributed by atoms with E-state index in [-0.39, 0.29) is 23.5 Å². The number of carbonyl (C=O) groups is 1. The van der Waals surface area contributed by atoms with Crippen molar-refractivity contribution in [2.24, 2.45) is 0 Å². The maximum atomic E-state index is 12.1. The molecule has 1 unspecified atom stereocenters. The van der Waals surface area contributed by atoms with Gasteiger partial charge in [0.2, 0.25) is 0 Å². The van der Waals surface area contributed by atoms with Gasteiger partial charge in [0, 0.05) is 18.6 Å². The molecule has 158 valence electrons. The van der Waals surface area contributed by atoms with Gasteiger partial charge in [-0.15, -0.1) is 0 Å². The molecule has 0 saturated carbocycles. The SMILES string of the molecule is CCC=CCC(O)C=CC=CCC=CCCCCC(=O)c1c(O)cc(O)cc1O. The van der Waals surface area contributed by atoms with Crippen molar-refractivity contribution in [3.63, 3.8) is 0 Å². The van der Waals surface area contributed by atoms with Crippen LogP contribution in [0.15, 0.2) is 60.7 Å². The maximum absolute atomic E-state index is 12.1. The van der Waals surface area contributed by atoms with Crippen molar-refractivity contribution in [3.8, 4) is 17.2 Å². The summed E-state index contributed by atoms with van der Waals surface area (Å²) in [5, 5.41) is 38.4. The van der Waals surface area contributed by atoms with Crippen LogP contribution in [-0.2, 0) is 0 Å². The summed E-state index contributed by atoms with van der Waals surface area (Å²) < 4.78 is 0. The molecule has 0 aliphatic heterocycles. The van der Waals surface area contributed by atoms with Crippen molar-refractivity contribution >= 4 is 5.78 Å². The Hall–Kier alpha value is -2.79. The summed E-state index contributed by atoms with van der Waals surface area (Å²) in [6, 6.07) is 2.09. The summed E-state index contributed by atoms with van der Waals surface area (Å²) in [6.07, 6.45) is 20.1. The van der Waals surface area contributed by atoms with Crippen molar-refractivity contribution < 1.29 is 25.2 Å². The van der Waals surface area contributed by atoms with E-state index >= 15 is 0 Å². The standard InChI is InChI=1S/C24H32O5/c1-2-3-11-14-19(25)15-12-9-7-5-4-6-8-10-13-16-21(27)24-22(28)17-20(26)18-23(24)29/h3-4,6-7,9,11-12,15,17-19,25-26,28-29H,2,5,8,10,13-14,16H2,1H3. The van der Waals surface area contributed by atoms with Crippen LogP contribution in [0.4, 0.5) is 0 Å². The van der Waals surface area contributed by atoms with E-state index in [1.807, 2.05) is 36.5 Å². The van der Waals surface area contributed by atoms with Crippen LogP contribution in [0.25, 0.3) is 0 Å². The first-order valence-corrected chi connectivity index (χ1v) is 10.0. The Balaban J connectivity index is 2.20. The zero-order valence-corrected chi connectivity index (χ0v) is 17.0. The molecule has 0 amide bonds. The highest BCUT2D eigenvalue weighted by Crippen LogP contribution is 2.33. The lowest BCUT2D eigenvalue weighted by atomic mass is 10.0. The first-order valence-electron chi connectivity index (χ1n) is 10.0. The van der Waals surface area contributed by atoms with Crippen molar-refractivity contribution in [1.82, 2.24) is 0 Å². The van der Waals surface area contributed by atoms with Crippen molar-refractivity contribution in [2.75, 3.05) is 0 Å². The van der Waals surface area contributed by atoms with Gasteiger partial charge in [-0.25, -0.2) is 0 Å². The number of aromatic hydroxyl groups is 3. The fourth-order valence-corrected chi connectivity index (χ4v) is 2.68. The highest BCUT2D eigenvalue weighted by atomic mass is 16.3. The van der Waals surface area contributed by atoms with Crippen LogP contribution in [-0.4, -0.2) is 32.3 Å². The van der Waals surface area contributed by atoms with Gasteiger partial charge in [-0.1, -0.05) is 55.5 Å². The number of hydrogen-bond acceptors (Lipinski definition) is 5. The molecule has 0 spiro atoms. The van der Waals surface area contributed by atoms with Crippen LogP contribution in [0.1, 0.15) is 62.2 Å². The quantitative estimate of drug-likeness (QED) is 0.155. The lowest BCUT2D eigenvalue weighted by molar-refractivity contribution is 0.0974. The Labute approximate surface area is 173 Å². The molecule has 0 saturated heterocycles. The first-order chi connectivity index (χ1) is 14.0. The second-order valence-corrected chi connectivity index (χ2v) is 6.73. The Morgan fingerprint density at radius 3 is 2.38 bits per heavy atom. The third-order valence-corrected chi connectivity index (χ3v) is 4.18. The van der Waals surface area contributed by atoms with Gasteiger partial charge in [-0.2, -0.15) is 0 Å². The molecule has 5 heteroatoms. The Bertz CT molecular complexity index is 721. The second kappa shape index (κ2) is 14.2. The minimum atomic E-state index is -0.453. The molecule has 5 nitrogen and oxygen atoms in total. The number of ketones is 1. The second-order valence-electron chi connectivity index (χ2n) is 6.73. The van der Waals surface area contributed by atoms with Crippen LogP contribution < -0.4 is 0 Å². The molecule has 0 radical (unpaired) electrons. The van der Waals surface area contributed by atoms with Gasteiger partial charge >= 0.3 is 0 Å². The van der Waals surface area contributed by atoms with Crippen LogP contribution >= 0.6 is 0 Å². The molecule has 0 bridgehead atoms. The summed E-state index contributed by atoms with van der Waals surface area (Å²) in [4.78, 5) is 12.1. The van der Waals surface area contributed by atoms with E-state index in [1.165, 1.54) is 0 Å². The van der Waals surface area contributed by atoms with Crippen molar-refractivity contribution in [2.45, 2.75) is 58.0 Å². The average Bonchev–Trinajstić information content (AvgIpc) is 2.65. The van der Waals surface area contributed by atoms with E-state index < -0.39 is 17.6 Å². The molecular weight excluding hydrogens is 368 g/mol. The third kappa shape index (κ3) is 10.4. The number of phenols is 3. The summed E-state index contributed by atoms with van der Waals surface area (Å²) in [5.74, 6) is -1.44. The molecule has 1 atom stereocenters. The number of Topliss-reactive ketones (excluding diaryl/α,β-unsaturated/α-hetero) is 1. The van der Waals surface area contributed by atoms with Gasteiger partial charge in [0.15, 0.2) is 5.78 Å². The Morgan fingerprint density at radius 1 is 0.966 bits per heavy atom. The largest absolute Gasteiger partial charge is 0.508 e. The number of aliphatic hydroxyl groups is 1. The average molecular weight is 401 g/mol. The molecule has 0 heterocycles. The van der Waals surface area contributed by atoms with Gasteiger partial charge in [0.1, 0.15) is 22.8 Å². The predicted octanol–water partition coefficient (Wildman–Crippen LogP) is 5.32. The fraction of sp³-hybridized carbons (Fsp3) is 0.375. The van der Waals surface area contributed by atoms with Gasteiger partial charge in [0.05, 0.1) is 6.10 Å². The van der Waals surface area contributed by atoms with E-state index in [4.69, 9.17) is 0 Å². The van der Waals surface area contributed by atoms with Crippen LogP contribution in [0.2, 0.25) is 0 Å². The van der Waals surface area contributed by atoms with E-state index in [1.54, 1.807) is 6.08 Å². The molecule has 0 aromatic heterocycles. The van der Waals surface area contributed by atoms with E-state index in [0.717, 1.165) is 37.8 Å². The van der Waals surface area contributed by atoms with E-state index in [2.05, 4.69) is 13.0 Å². The van der Waals surface area contributed by atoms with Crippen LogP contribution in [0, 0.1) is 0 Å². The number of hydrogen-bond donors (Lipinski definition) is 4. The predicted molar refractivity (Wildman–Crippen MR) is 116 cm³/mol. The topological polar surface area (TPSA) is 98.0 Å². The maximum Gasteiger partial charge on any atom is 0.170 e. The summed E-state index contributed by atoms with van der Waals surface area (Å²) in [5.41, 5.74) is -0.136. The molecule has 1 rings (SSSR count). The molecule has 0 fully saturated rings. The number of rotatable bonds is 13. The Morgan fingerprint density at radius 2 is 1.69 bits per heavy atom. The smallest absolute Gasteiger partial charge is 0.170 e. The zero-order valence-electron chi connectivity index (χ0n) is 17.0. The zero-order chi connectivity index (χ0) is 21.5. The number of allylic oxidation sites excluding steroid dienone is 6. The summed E-state index contributed by atoms with van der Waals surface area (Å²) in [6.45, 7) is 2.06. The molecule has 1 aromatic carbocycles. The molecular formula is C24H32O5. The number of carbonyl (C=O) groups excluding carboxylic acids is 1. The Kier molecular flexibility index (Phi) is 11.9. The minimum absolute atomic E-state index is 0.136. The van der Waals surface area contributed by atoms with E-state index in [0.29, 0.717) is 12.8 Å². The van der Waals surface area contributed by atoms with Gasteiger partial charge in [-0.3, -0.25) is 4.79 Å². The van der Waals surface area contributed by atoms with Gasteiger partial charge in [-0.05, 0) is 38.5 Å². The molecule has 1 aromatic rings.